The second-order valence-corrected chi connectivity index (χ2v) is 5.60. The van der Waals surface area contributed by atoms with Crippen molar-refractivity contribution >= 4 is 11.6 Å². The molecule has 4 nitrogen and oxygen atoms in total. The van der Waals surface area contributed by atoms with Crippen molar-refractivity contribution in [1.82, 2.24) is 10.2 Å². The number of nitrogens with one attached hydrogen (secondary N) is 2. The number of rotatable bonds is 4. The average molecular weight is 259 g/mol. The topological polar surface area (TPSA) is 44.4 Å². The second-order valence-electron chi connectivity index (χ2n) is 5.60. The number of benzene rings is 1. The number of hydrogen-bond acceptors (Lipinski definition) is 3. The highest BCUT2D eigenvalue weighted by Crippen LogP contribution is 2.26. The first-order valence-electron chi connectivity index (χ1n) is 7.09. The Morgan fingerprint density at radius 2 is 1.89 bits per heavy atom. The van der Waals surface area contributed by atoms with Crippen molar-refractivity contribution in [1.29, 1.82) is 0 Å². The van der Waals surface area contributed by atoms with Crippen molar-refractivity contribution in [2.24, 2.45) is 11.8 Å². The molecule has 2 N–H and O–H groups in total. The fraction of sp³-hybridized carbons (Fsp3) is 0.533. The Balaban J connectivity index is 1.42. The van der Waals surface area contributed by atoms with Gasteiger partial charge in [0.2, 0.25) is 5.91 Å². The van der Waals surface area contributed by atoms with Crippen LogP contribution in [0.5, 0.6) is 0 Å². The van der Waals surface area contributed by atoms with Crippen LogP contribution in [0.4, 0.5) is 5.69 Å². The zero-order valence-corrected chi connectivity index (χ0v) is 11.1. The monoisotopic (exact) mass is 259 g/mol. The Morgan fingerprint density at radius 3 is 2.58 bits per heavy atom. The molecule has 2 saturated heterocycles. The molecule has 4 heteroatoms. The van der Waals surface area contributed by atoms with E-state index in [1.54, 1.807) is 0 Å². The summed E-state index contributed by atoms with van der Waals surface area (Å²) in [4.78, 5) is 14.3. The lowest BCUT2D eigenvalue weighted by atomic mass is 10.0. The number of hydrogen-bond donors (Lipinski definition) is 2. The molecule has 2 fully saturated rings. The Morgan fingerprint density at radius 1 is 1.21 bits per heavy atom. The van der Waals surface area contributed by atoms with Gasteiger partial charge in [-0.15, -0.1) is 0 Å². The van der Waals surface area contributed by atoms with E-state index in [1.807, 2.05) is 30.3 Å². The maximum Gasteiger partial charge on any atom is 0.225 e. The number of likely N-dealkylation sites (tertiary alicyclic amines) is 1. The summed E-state index contributed by atoms with van der Waals surface area (Å²) in [6.45, 7) is 5.48. The molecule has 1 amide bonds. The van der Waals surface area contributed by atoms with Crippen LogP contribution in [0.2, 0.25) is 0 Å². The van der Waals surface area contributed by atoms with Crippen LogP contribution in [0.3, 0.4) is 0 Å². The molecule has 2 aliphatic rings. The standard InChI is InChI=1S/C15H21N3O/c19-15(17-14-4-2-1-3-5-14)6-7-18-10-12-8-16-9-13(12)11-18/h1-5,12-13,16H,6-11H2,(H,17,19)/t12-,13+. The number of para-hydroxylation sites is 1. The van der Waals surface area contributed by atoms with E-state index in [-0.39, 0.29) is 5.91 Å². The number of carbonyl (C=O) groups is 1. The van der Waals surface area contributed by atoms with Gasteiger partial charge in [0.1, 0.15) is 0 Å². The van der Waals surface area contributed by atoms with Gasteiger partial charge < -0.3 is 15.5 Å². The van der Waals surface area contributed by atoms with Gasteiger partial charge in [0.05, 0.1) is 0 Å². The summed E-state index contributed by atoms with van der Waals surface area (Å²) in [5.74, 6) is 1.72. The molecule has 19 heavy (non-hydrogen) atoms. The molecule has 0 unspecified atom stereocenters. The molecule has 1 aromatic carbocycles. The molecular weight excluding hydrogens is 238 g/mol. The Hall–Kier alpha value is -1.39. The van der Waals surface area contributed by atoms with Crippen LogP contribution in [0.15, 0.2) is 30.3 Å². The number of amides is 1. The fourth-order valence-corrected chi connectivity index (χ4v) is 3.14. The molecule has 102 valence electrons. The van der Waals surface area contributed by atoms with E-state index in [4.69, 9.17) is 0 Å². The van der Waals surface area contributed by atoms with E-state index in [0.29, 0.717) is 6.42 Å². The van der Waals surface area contributed by atoms with Crippen LogP contribution in [0.25, 0.3) is 0 Å². The van der Waals surface area contributed by atoms with Gasteiger partial charge in [-0.2, -0.15) is 0 Å². The van der Waals surface area contributed by atoms with Crippen molar-refractivity contribution in [2.45, 2.75) is 6.42 Å². The summed E-state index contributed by atoms with van der Waals surface area (Å²) in [6.07, 6.45) is 0.585. The van der Waals surface area contributed by atoms with Gasteiger partial charge in [0.15, 0.2) is 0 Å². The summed E-state index contributed by atoms with van der Waals surface area (Å²) in [7, 11) is 0. The number of fused-ring (bicyclic) bond motifs is 1. The zero-order valence-electron chi connectivity index (χ0n) is 11.1. The van der Waals surface area contributed by atoms with Crippen LogP contribution < -0.4 is 10.6 Å². The SMILES string of the molecule is O=C(CCN1C[C@H]2CNC[C@H]2C1)Nc1ccccc1. The molecule has 0 spiro atoms. The Labute approximate surface area is 114 Å². The Bertz CT molecular complexity index is 422. The van der Waals surface area contributed by atoms with E-state index in [2.05, 4.69) is 15.5 Å². The van der Waals surface area contributed by atoms with Crippen LogP contribution in [0.1, 0.15) is 6.42 Å². The van der Waals surface area contributed by atoms with Crippen LogP contribution in [-0.4, -0.2) is 43.5 Å². The summed E-state index contributed by atoms with van der Waals surface area (Å²) in [5, 5.41) is 6.37. The lowest BCUT2D eigenvalue weighted by molar-refractivity contribution is -0.116. The fourth-order valence-electron chi connectivity index (χ4n) is 3.14. The van der Waals surface area contributed by atoms with Crippen LogP contribution in [-0.2, 0) is 4.79 Å². The highest BCUT2D eigenvalue weighted by atomic mass is 16.1. The summed E-state index contributed by atoms with van der Waals surface area (Å²) in [6, 6.07) is 9.66. The van der Waals surface area contributed by atoms with E-state index in [1.165, 1.54) is 0 Å². The molecule has 0 aromatic heterocycles. The number of nitrogens with zero attached hydrogens (tertiary/aromatic N) is 1. The molecule has 0 aliphatic carbocycles. The molecular formula is C15H21N3O. The lowest BCUT2D eigenvalue weighted by Crippen LogP contribution is -2.29. The van der Waals surface area contributed by atoms with Crippen LogP contribution in [0, 0.1) is 11.8 Å². The summed E-state index contributed by atoms with van der Waals surface area (Å²) < 4.78 is 0. The van der Waals surface area contributed by atoms with Crippen molar-refractivity contribution < 1.29 is 4.79 Å². The summed E-state index contributed by atoms with van der Waals surface area (Å²) >= 11 is 0. The largest absolute Gasteiger partial charge is 0.326 e. The third kappa shape index (κ3) is 3.14. The predicted molar refractivity (Wildman–Crippen MR) is 76.0 cm³/mol. The molecule has 0 radical (unpaired) electrons. The lowest BCUT2D eigenvalue weighted by Gasteiger charge is -2.16. The van der Waals surface area contributed by atoms with E-state index >= 15 is 0 Å². The molecule has 0 saturated carbocycles. The normalized spacial score (nSPS) is 26.3. The zero-order chi connectivity index (χ0) is 13.1. The highest BCUT2D eigenvalue weighted by molar-refractivity contribution is 5.90. The van der Waals surface area contributed by atoms with E-state index in [9.17, 15) is 4.79 Å². The van der Waals surface area contributed by atoms with Crippen molar-refractivity contribution in [2.75, 3.05) is 38.0 Å². The average Bonchev–Trinajstić information content (AvgIpc) is 2.98. The molecule has 2 aliphatic heterocycles. The van der Waals surface area contributed by atoms with Gasteiger partial charge >= 0.3 is 0 Å². The van der Waals surface area contributed by atoms with Gasteiger partial charge in [-0.1, -0.05) is 18.2 Å². The van der Waals surface area contributed by atoms with Gasteiger partial charge in [-0.3, -0.25) is 4.79 Å². The van der Waals surface area contributed by atoms with Gasteiger partial charge in [-0.05, 0) is 37.1 Å². The first-order chi connectivity index (χ1) is 9.31. The van der Waals surface area contributed by atoms with Gasteiger partial charge in [0, 0.05) is 31.7 Å². The van der Waals surface area contributed by atoms with Crippen molar-refractivity contribution in [3.63, 3.8) is 0 Å². The molecule has 1 aromatic rings. The molecule has 2 atom stereocenters. The second kappa shape index (κ2) is 5.72. The first kappa shape index (κ1) is 12.6. The summed E-state index contributed by atoms with van der Waals surface area (Å²) in [5.41, 5.74) is 0.884. The van der Waals surface area contributed by atoms with Crippen LogP contribution >= 0.6 is 0 Å². The third-order valence-corrected chi connectivity index (χ3v) is 4.18. The first-order valence-corrected chi connectivity index (χ1v) is 7.09. The van der Waals surface area contributed by atoms with Crippen molar-refractivity contribution in [3.05, 3.63) is 30.3 Å². The maximum atomic E-state index is 11.9. The predicted octanol–water partition coefficient (Wildman–Crippen LogP) is 1.17. The maximum absolute atomic E-state index is 11.9. The minimum Gasteiger partial charge on any atom is -0.326 e. The van der Waals surface area contributed by atoms with E-state index < -0.39 is 0 Å². The van der Waals surface area contributed by atoms with Crippen molar-refractivity contribution in [3.8, 4) is 0 Å². The van der Waals surface area contributed by atoms with Gasteiger partial charge in [0.25, 0.3) is 0 Å². The highest BCUT2D eigenvalue weighted by Gasteiger charge is 2.35. The molecule has 0 bridgehead atoms. The number of anilines is 1. The minimum atomic E-state index is 0.112. The number of carbonyl (C=O) groups excluding carboxylic acids is 1. The Kier molecular flexibility index (Phi) is 3.80. The molecule has 3 rings (SSSR count). The third-order valence-electron chi connectivity index (χ3n) is 4.18. The quantitative estimate of drug-likeness (QED) is 0.853. The minimum absolute atomic E-state index is 0.112. The van der Waals surface area contributed by atoms with E-state index in [0.717, 1.165) is 50.2 Å². The smallest absolute Gasteiger partial charge is 0.225 e. The van der Waals surface area contributed by atoms with Gasteiger partial charge in [-0.25, -0.2) is 0 Å². The molecule has 2 heterocycles.